The number of likely N-dealkylation sites (tertiary alicyclic amines) is 1. The number of halogens is 3. The largest absolute Gasteiger partial charge is 0.497 e. The molecular formula is C21H23F3N2O2. The Morgan fingerprint density at radius 1 is 1.11 bits per heavy atom. The summed E-state index contributed by atoms with van der Waals surface area (Å²) in [5, 5.41) is 2.45. The second kappa shape index (κ2) is 8.54. The molecule has 2 aromatic carbocycles. The number of benzene rings is 2. The monoisotopic (exact) mass is 392 g/mol. The van der Waals surface area contributed by atoms with Crippen molar-refractivity contribution in [3.8, 4) is 5.75 Å². The minimum absolute atomic E-state index is 0.136. The molecule has 0 bridgehead atoms. The molecule has 3 rings (SSSR count). The molecule has 1 atom stereocenters. The lowest BCUT2D eigenvalue weighted by molar-refractivity contribution is -0.136. The van der Waals surface area contributed by atoms with Crippen LogP contribution in [-0.2, 0) is 6.18 Å². The third kappa shape index (κ3) is 4.77. The number of carbonyl (C=O) groups is 1. The molecule has 0 spiro atoms. The Morgan fingerprint density at radius 3 is 2.50 bits per heavy atom. The summed E-state index contributed by atoms with van der Waals surface area (Å²) in [4.78, 5) is 14.3. The molecule has 1 aliphatic rings. The van der Waals surface area contributed by atoms with Gasteiger partial charge >= 0.3 is 12.2 Å². The molecule has 1 fully saturated rings. The zero-order chi connectivity index (χ0) is 20.1. The zero-order valence-electron chi connectivity index (χ0n) is 15.6. The van der Waals surface area contributed by atoms with E-state index in [0.29, 0.717) is 13.1 Å². The average molecular weight is 392 g/mol. The summed E-state index contributed by atoms with van der Waals surface area (Å²) < 4.78 is 44.7. The van der Waals surface area contributed by atoms with E-state index in [1.54, 1.807) is 12.0 Å². The van der Waals surface area contributed by atoms with Gasteiger partial charge in [0.1, 0.15) is 5.75 Å². The second-order valence-electron chi connectivity index (χ2n) is 6.89. The van der Waals surface area contributed by atoms with E-state index >= 15 is 0 Å². The number of nitrogens with one attached hydrogen (secondary N) is 1. The van der Waals surface area contributed by atoms with Crippen molar-refractivity contribution in [3.05, 3.63) is 59.7 Å². The Hall–Kier alpha value is -2.70. The number of nitrogens with zero attached hydrogens (tertiary/aromatic N) is 1. The molecule has 1 aliphatic heterocycles. The molecule has 1 N–H and O–H groups in total. The molecular weight excluding hydrogens is 369 g/mol. The molecule has 1 saturated heterocycles. The van der Waals surface area contributed by atoms with Gasteiger partial charge in [-0.15, -0.1) is 0 Å². The molecule has 1 unspecified atom stereocenters. The normalized spacial score (nSPS) is 17.7. The molecule has 4 nitrogen and oxygen atoms in total. The predicted molar refractivity (Wildman–Crippen MR) is 102 cm³/mol. The fourth-order valence-electron chi connectivity index (χ4n) is 3.51. The maximum atomic E-state index is 13.2. The maximum Gasteiger partial charge on any atom is 0.418 e. The van der Waals surface area contributed by atoms with Crippen LogP contribution in [0.4, 0.5) is 23.7 Å². The van der Waals surface area contributed by atoms with Crippen molar-refractivity contribution in [2.24, 2.45) is 0 Å². The molecule has 0 aliphatic carbocycles. The Balaban J connectivity index is 1.74. The van der Waals surface area contributed by atoms with Crippen LogP contribution in [-0.4, -0.2) is 31.1 Å². The highest BCUT2D eigenvalue weighted by molar-refractivity contribution is 5.90. The van der Waals surface area contributed by atoms with Crippen molar-refractivity contribution in [1.29, 1.82) is 0 Å². The summed E-state index contributed by atoms with van der Waals surface area (Å²) in [5.41, 5.74) is 0.0336. The predicted octanol–water partition coefficient (Wildman–Crippen LogP) is 5.52. The number of alkyl halides is 3. The molecule has 28 heavy (non-hydrogen) atoms. The van der Waals surface area contributed by atoms with Gasteiger partial charge in [-0.3, -0.25) is 0 Å². The molecule has 0 saturated carbocycles. The topological polar surface area (TPSA) is 41.6 Å². The van der Waals surface area contributed by atoms with Crippen LogP contribution in [0.2, 0.25) is 0 Å². The summed E-state index contributed by atoms with van der Waals surface area (Å²) in [5.74, 6) is 0.896. The van der Waals surface area contributed by atoms with Crippen molar-refractivity contribution < 1.29 is 22.7 Å². The van der Waals surface area contributed by atoms with E-state index in [1.807, 2.05) is 24.3 Å². The van der Waals surface area contributed by atoms with Crippen LogP contribution in [0.3, 0.4) is 0 Å². The van der Waals surface area contributed by atoms with E-state index in [0.717, 1.165) is 36.6 Å². The zero-order valence-corrected chi connectivity index (χ0v) is 15.6. The summed E-state index contributed by atoms with van der Waals surface area (Å²) in [6.45, 7) is 0.985. The number of carbonyl (C=O) groups excluding carboxylic acids is 1. The summed E-state index contributed by atoms with van der Waals surface area (Å²) in [7, 11) is 1.60. The molecule has 150 valence electrons. The maximum absolute atomic E-state index is 13.2. The van der Waals surface area contributed by atoms with Gasteiger partial charge in [0.15, 0.2) is 0 Å². The first-order chi connectivity index (χ1) is 13.4. The lowest BCUT2D eigenvalue weighted by Gasteiger charge is -2.26. The lowest BCUT2D eigenvalue weighted by atomic mass is 9.94. The number of hydrogen-bond donors (Lipinski definition) is 1. The fraction of sp³-hybridized carbons (Fsp3) is 0.381. The highest BCUT2D eigenvalue weighted by atomic mass is 19.4. The van der Waals surface area contributed by atoms with Crippen molar-refractivity contribution >= 4 is 11.7 Å². The SMILES string of the molecule is COc1ccc(C2CCCCN(C(=O)Nc3ccccc3C(F)(F)F)C2)cc1. The number of anilines is 1. The Kier molecular flexibility index (Phi) is 6.11. The van der Waals surface area contributed by atoms with E-state index in [1.165, 1.54) is 18.2 Å². The third-order valence-electron chi connectivity index (χ3n) is 5.02. The van der Waals surface area contributed by atoms with Crippen molar-refractivity contribution in [2.45, 2.75) is 31.4 Å². The van der Waals surface area contributed by atoms with Crippen LogP contribution in [0.1, 0.15) is 36.3 Å². The molecule has 0 radical (unpaired) electrons. The Bertz CT molecular complexity index is 806. The highest BCUT2D eigenvalue weighted by Crippen LogP contribution is 2.35. The first kappa shape index (κ1) is 20.0. The molecule has 0 aromatic heterocycles. The quantitative estimate of drug-likeness (QED) is 0.748. The number of urea groups is 1. The van der Waals surface area contributed by atoms with E-state index in [2.05, 4.69) is 5.32 Å². The second-order valence-corrected chi connectivity index (χ2v) is 6.89. The standard InChI is InChI=1S/C21H23F3N2O2/c1-28-17-11-9-15(10-12-17)16-6-4-5-13-26(14-16)20(27)25-19-8-3-2-7-18(19)21(22,23)24/h2-3,7-12,16H,4-6,13-14H2,1H3,(H,25,27). The van der Waals surface area contributed by atoms with Crippen molar-refractivity contribution in [2.75, 3.05) is 25.5 Å². The number of amides is 2. The van der Waals surface area contributed by atoms with Crippen LogP contribution < -0.4 is 10.1 Å². The molecule has 1 heterocycles. The molecule has 2 amide bonds. The third-order valence-corrected chi connectivity index (χ3v) is 5.02. The molecule has 2 aromatic rings. The van der Waals surface area contributed by atoms with Gasteiger partial charge < -0.3 is 15.0 Å². The highest BCUT2D eigenvalue weighted by Gasteiger charge is 2.34. The van der Waals surface area contributed by atoms with Gasteiger partial charge in [0.25, 0.3) is 0 Å². The lowest BCUT2D eigenvalue weighted by Crippen LogP contribution is -2.37. The number of methoxy groups -OCH3 is 1. The summed E-state index contributed by atoms with van der Waals surface area (Å²) in [6.07, 6.45) is -1.82. The first-order valence-electron chi connectivity index (χ1n) is 9.24. The van der Waals surface area contributed by atoms with E-state index < -0.39 is 17.8 Å². The van der Waals surface area contributed by atoms with Crippen molar-refractivity contribution in [1.82, 2.24) is 4.90 Å². The van der Waals surface area contributed by atoms with Gasteiger partial charge in [-0.2, -0.15) is 13.2 Å². The Labute approximate surface area is 162 Å². The minimum atomic E-state index is -4.52. The van der Waals surface area contributed by atoms with Gasteiger partial charge in [-0.25, -0.2) is 4.79 Å². The van der Waals surface area contributed by atoms with Crippen LogP contribution >= 0.6 is 0 Å². The Morgan fingerprint density at radius 2 is 1.82 bits per heavy atom. The first-order valence-corrected chi connectivity index (χ1v) is 9.24. The smallest absolute Gasteiger partial charge is 0.418 e. The minimum Gasteiger partial charge on any atom is -0.497 e. The van der Waals surface area contributed by atoms with Crippen molar-refractivity contribution in [3.63, 3.8) is 0 Å². The van der Waals surface area contributed by atoms with E-state index in [4.69, 9.17) is 4.74 Å². The van der Waals surface area contributed by atoms with E-state index in [9.17, 15) is 18.0 Å². The average Bonchev–Trinajstić information content (AvgIpc) is 2.94. The summed E-state index contributed by atoms with van der Waals surface area (Å²) >= 11 is 0. The summed E-state index contributed by atoms with van der Waals surface area (Å²) in [6, 6.07) is 12.2. The fourth-order valence-corrected chi connectivity index (χ4v) is 3.51. The van der Waals surface area contributed by atoms with Crippen LogP contribution in [0, 0.1) is 0 Å². The number of ether oxygens (including phenoxy) is 1. The van der Waals surface area contributed by atoms with Crippen LogP contribution in [0.25, 0.3) is 0 Å². The van der Waals surface area contributed by atoms with Gasteiger partial charge in [0, 0.05) is 19.0 Å². The van der Waals surface area contributed by atoms with Gasteiger partial charge in [-0.05, 0) is 42.7 Å². The number of rotatable bonds is 3. The van der Waals surface area contributed by atoms with E-state index in [-0.39, 0.29) is 11.6 Å². The number of hydrogen-bond acceptors (Lipinski definition) is 2. The van der Waals surface area contributed by atoms with Gasteiger partial charge in [0.05, 0.1) is 18.4 Å². The van der Waals surface area contributed by atoms with Crippen LogP contribution in [0.5, 0.6) is 5.75 Å². The van der Waals surface area contributed by atoms with Crippen LogP contribution in [0.15, 0.2) is 48.5 Å². The number of para-hydroxylation sites is 1. The van der Waals surface area contributed by atoms with Gasteiger partial charge in [0.2, 0.25) is 0 Å². The van der Waals surface area contributed by atoms with Gasteiger partial charge in [-0.1, -0.05) is 30.7 Å². The molecule has 7 heteroatoms.